The predicted molar refractivity (Wildman–Crippen MR) is 81.3 cm³/mol. The van der Waals surface area contributed by atoms with Gasteiger partial charge in [0.1, 0.15) is 0 Å². The van der Waals surface area contributed by atoms with E-state index in [0.717, 1.165) is 18.7 Å². The number of carbonyl (C=O) groups is 2. The van der Waals surface area contributed by atoms with Crippen molar-refractivity contribution in [3.63, 3.8) is 0 Å². The molecule has 3 rings (SSSR count). The fourth-order valence-corrected chi connectivity index (χ4v) is 3.12. The number of hydrogen-bond donors (Lipinski definition) is 1. The average molecular weight is 309 g/mol. The van der Waals surface area contributed by atoms with E-state index in [0.29, 0.717) is 22.9 Å². The Kier molecular flexibility index (Phi) is 3.63. The second kappa shape index (κ2) is 5.31. The summed E-state index contributed by atoms with van der Waals surface area (Å²) in [4.78, 5) is 25.4. The molecule has 1 saturated heterocycles. The molecule has 0 saturated carbocycles. The molecule has 1 amide bonds. The predicted octanol–water partition coefficient (Wildman–Crippen LogP) is 2.48. The van der Waals surface area contributed by atoms with Crippen LogP contribution in [0.15, 0.2) is 12.1 Å². The van der Waals surface area contributed by atoms with Crippen LogP contribution < -0.4 is 10.2 Å². The fraction of sp³-hybridized carbons (Fsp3) is 0.467. The minimum absolute atomic E-state index is 0.119. The molecule has 112 valence electrons. The van der Waals surface area contributed by atoms with Gasteiger partial charge >= 0.3 is 0 Å². The molecular formula is C15H17ClN2O3. The molecule has 2 unspecified atom stereocenters. The first kappa shape index (κ1) is 14.4. The minimum Gasteiger partial charge on any atom is -0.375 e. The highest BCUT2D eigenvalue weighted by atomic mass is 35.5. The Balaban J connectivity index is 2.01. The van der Waals surface area contributed by atoms with Crippen molar-refractivity contribution in [2.24, 2.45) is 0 Å². The van der Waals surface area contributed by atoms with Crippen LogP contribution in [0.25, 0.3) is 0 Å². The van der Waals surface area contributed by atoms with Gasteiger partial charge in [-0.3, -0.25) is 9.59 Å². The normalized spacial score (nSPS) is 25.0. The van der Waals surface area contributed by atoms with Gasteiger partial charge in [-0.2, -0.15) is 0 Å². The first-order valence-corrected chi connectivity index (χ1v) is 7.46. The zero-order valence-electron chi connectivity index (χ0n) is 12.0. The molecule has 0 aliphatic carbocycles. The Morgan fingerprint density at radius 2 is 2.19 bits per heavy atom. The number of amides is 1. The van der Waals surface area contributed by atoms with Crippen molar-refractivity contribution in [2.45, 2.75) is 32.4 Å². The number of benzene rings is 1. The number of ketones is 1. The zero-order valence-corrected chi connectivity index (χ0v) is 12.7. The molecule has 5 nitrogen and oxygen atoms in total. The zero-order chi connectivity index (χ0) is 15.1. The summed E-state index contributed by atoms with van der Waals surface area (Å²) in [7, 11) is 0. The van der Waals surface area contributed by atoms with E-state index < -0.39 is 11.7 Å². The number of morpholine rings is 1. The Labute approximate surface area is 128 Å². The summed E-state index contributed by atoms with van der Waals surface area (Å²) < 4.78 is 5.69. The molecule has 1 N–H and O–H groups in total. The Bertz CT molecular complexity index is 617. The maximum atomic E-state index is 11.7. The molecule has 0 radical (unpaired) electrons. The van der Waals surface area contributed by atoms with Gasteiger partial charge < -0.3 is 15.0 Å². The molecule has 0 bridgehead atoms. The monoisotopic (exact) mass is 308 g/mol. The van der Waals surface area contributed by atoms with Crippen molar-refractivity contribution in [1.82, 2.24) is 0 Å². The molecule has 1 fully saturated rings. The highest BCUT2D eigenvalue weighted by molar-refractivity contribution is 6.52. The molecular weight excluding hydrogens is 292 g/mol. The van der Waals surface area contributed by atoms with Crippen LogP contribution in [-0.2, 0) is 9.53 Å². The third kappa shape index (κ3) is 2.40. The highest BCUT2D eigenvalue weighted by Crippen LogP contribution is 2.37. The molecule has 2 heterocycles. The second-order valence-corrected chi connectivity index (χ2v) is 5.90. The van der Waals surface area contributed by atoms with E-state index in [1.165, 1.54) is 0 Å². The molecule has 21 heavy (non-hydrogen) atoms. The number of nitrogens with zero attached hydrogens (tertiary/aromatic N) is 1. The largest absolute Gasteiger partial charge is 0.375 e. The Morgan fingerprint density at radius 3 is 2.90 bits per heavy atom. The molecule has 0 spiro atoms. The number of halogens is 1. The average Bonchev–Trinajstić information content (AvgIpc) is 2.73. The number of anilines is 2. The van der Waals surface area contributed by atoms with Crippen LogP contribution in [0.5, 0.6) is 0 Å². The van der Waals surface area contributed by atoms with Crippen LogP contribution >= 0.6 is 11.6 Å². The van der Waals surface area contributed by atoms with Gasteiger partial charge in [0.25, 0.3) is 11.7 Å². The van der Waals surface area contributed by atoms with Gasteiger partial charge in [-0.05, 0) is 25.5 Å². The van der Waals surface area contributed by atoms with Crippen molar-refractivity contribution in [1.29, 1.82) is 0 Å². The maximum absolute atomic E-state index is 11.7. The van der Waals surface area contributed by atoms with E-state index in [-0.39, 0.29) is 12.1 Å². The molecule has 2 aliphatic heterocycles. The molecule has 0 aromatic heterocycles. The van der Waals surface area contributed by atoms with E-state index in [9.17, 15) is 9.59 Å². The van der Waals surface area contributed by atoms with Crippen LogP contribution in [0, 0.1) is 0 Å². The summed E-state index contributed by atoms with van der Waals surface area (Å²) in [6.45, 7) is 5.50. The number of carbonyl (C=O) groups excluding carboxylic acids is 2. The summed E-state index contributed by atoms with van der Waals surface area (Å²) in [6.07, 6.45) is 1.05. The third-order valence-corrected chi connectivity index (χ3v) is 4.34. The number of nitrogens with one attached hydrogen (secondary N) is 1. The smallest absolute Gasteiger partial charge is 0.296 e. The first-order chi connectivity index (χ1) is 10.0. The summed E-state index contributed by atoms with van der Waals surface area (Å²) in [5.74, 6) is -1.12. The van der Waals surface area contributed by atoms with Crippen LogP contribution in [0.2, 0.25) is 5.02 Å². The second-order valence-electron chi connectivity index (χ2n) is 5.49. The van der Waals surface area contributed by atoms with Crippen molar-refractivity contribution >= 4 is 34.7 Å². The Hall–Kier alpha value is -1.59. The first-order valence-electron chi connectivity index (χ1n) is 7.08. The van der Waals surface area contributed by atoms with E-state index in [2.05, 4.69) is 17.1 Å². The van der Waals surface area contributed by atoms with Gasteiger partial charge in [0.05, 0.1) is 40.7 Å². The molecule has 2 atom stereocenters. The van der Waals surface area contributed by atoms with E-state index in [4.69, 9.17) is 16.3 Å². The number of fused-ring (bicyclic) bond motifs is 1. The van der Waals surface area contributed by atoms with Crippen LogP contribution in [0.1, 0.15) is 30.6 Å². The summed E-state index contributed by atoms with van der Waals surface area (Å²) in [5, 5.41) is 3.08. The summed E-state index contributed by atoms with van der Waals surface area (Å²) in [6, 6.07) is 3.62. The van der Waals surface area contributed by atoms with Crippen molar-refractivity contribution < 1.29 is 14.3 Å². The maximum Gasteiger partial charge on any atom is 0.296 e. The molecule has 1 aromatic rings. The van der Waals surface area contributed by atoms with Crippen LogP contribution in [0.4, 0.5) is 11.4 Å². The molecule has 2 aliphatic rings. The van der Waals surface area contributed by atoms with Crippen molar-refractivity contribution in [3.8, 4) is 0 Å². The van der Waals surface area contributed by atoms with E-state index >= 15 is 0 Å². The van der Waals surface area contributed by atoms with Gasteiger partial charge in [0, 0.05) is 6.54 Å². The van der Waals surface area contributed by atoms with Gasteiger partial charge in [-0.1, -0.05) is 18.5 Å². The van der Waals surface area contributed by atoms with E-state index in [1.54, 1.807) is 12.1 Å². The topological polar surface area (TPSA) is 58.6 Å². The molecule has 1 aromatic carbocycles. The van der Waals surface area contributed by atoms with Gasteiger partial charge in [0.2, 0.25) is 0 Å². The van der Waals surface area contributed by atoms with Gasteiger partial charge in [-0.15, -0.1) is 0 Å². The lowest BCUT2D eigenvalue weighted by Gasteiger charge is -2.40. The number of Topliss-reactive ketones (excluding diaryl/α,β-unsaturated/α-hetero) is 1. The SMILES string of the molecule is CCC1COC(C)CN1c1cc2c(cc1Cl)C(=O)C(=O)N2. The lowest BCUT2D eigenvalue weighted by molar-refractivity contribution is -0.112. The minimum atomic E-state index is -0.597. The highest BCUT2D eigenvalue weighted by Gasteiger charge is 2.32. The third-order valence-electron chi connectivity index (χ3n) is 4.03. The number of hydrogen-bond acceptors (Lipinski definition) is 4. The Morgan fingerprint density at radius 1 is 1.43 bits per heavy atom. The van der Waals surface area contributed by atoms with E-state index in [1.807, 2.05) is 6.92 Å². The van der Waals surface area contributed by atoms with Crippen molar-refractivity contribution in [3.05, 3.63) is 22.7 Å². The fourth-order valence-electron chi connectivity index (χ4n) is 2.85. The molecule has 6 heteroatoms. The quantitative estimate of drug-likeness (QED) is 0.853. The summed E-state index contributed by atoms with van der Waals surface area (Å²) >= 11 is 6.35. The van der Waals surface area contributed by atoms with Crippen LogP contribution in [0.3, 0.4) is 0 Å². The lowest BCUT2D eigenvalue weighted by Crippen LogP contribution is -2.48. The summed E-state index contributed by atoms with van der Waals surface area (Å²) in [5.41, 5.74) is 1.73. The lowest BCUT2D eigenvalue weighted by atomic mass is 10.1. The van der Waals surface area contributed by atoms with Crippen LogP contribution in [-0.4, -0.2) is 37.0 Å². The standard InChI is InChI=1S/C15H17ClN2O3/c1-3-9-7-21-8(2)6-18(9)13-5-12-10(4-11(13)16)14(19)15(20)17-12/h4-5,8-9H,3,6-7H2,1-2H3,(H,17,19,20). The van der Waals surface area contributed by atoms with Gasteiger partial charge in [0.15, 0.2) is 0 Å². The van der Waals surface area contributed by atoms with Crippen molar-refractivity contribution in [2.75, 3.05) is 23.4 Å². The van der Waals surface area contributed by atoms with Gasteiger partial charge in [-0.25, -0.2) is 0 Å². The number of rotatable bonds is 2. The number of ether oxygens (including phenoxy) is 1.